The van der Waals surface area contributed by atoms with Crippen LogP contribution in [0.1, 0.15) is 24.8 Å². The predicted octanol–water partition coefficient (Wildman–Crippen LogP) is 3.12. The Balaban J connectivity index is 2.41. The Morgan fingerprint density at radius 3 is 2.44 bits per heavy atom. The summed E-state index contributed by atoms with van der Waals surface area (Å²) in [6.45, 7) is 0. The number of carboxylic acids is 1. The van der Waals surface area contributed by atoms with Crippen LogP contribution in [0.25, 0.3) is 0 Å². The summed E-state index contributed by atoms with van der Waals surface area (Å²) >= 11 is 5.81. The van der Waals surface area contributed by atoms with E-state index < -0.39 is 23.0 Å². The van der Waals surface area contributed by atoms with Gasteiger partial charge >= 0.3 is 5.97 Å². The lowest BCUT2D eigenvalue weighted by atomic mass is 9.92. The highest BCUT2D eigenvalue weighted by molar-refractivity contribution is 6.31. The highest BCUT2D eigenvalue weighted by Crippen LogP contribution is 2.53. The van der Waals surface area contributed by atoms with E-state index in [1.807, 2.05) is 0 Å². The highest BCUT2D eigenvalue weighted by atomic mass is 35.5. The van der Waals surface area contributed by atoms with E-state index in [0.29, 0.717) is 18.4 Å². The largest absolute Gasteiger partial charge is 0.481 e. The molecule has 0 aromatic heterocycles. The lowest BCUT2D eigenvalue weighted by Crippen LogP contribution is -2.14. The molecule has 2 rings (SSSR count). The van der Waals surface area contributed by atoms with Crippen LogP contribution in [0.3, 0.4) is 0 Å². The first-order chi connectivity index (χ1) is 7.44. The summed E-state index contributed by atoms with van der Waals surface area (Å²) in [5.74, 6) is -2.96. The van der Waals surface area contributed by atoms with Crippen molar-refractivity contribution < 1.29 is 18.7 Å². The van der Waals surface area contributed by atoms with E-state index >= 15 is 0 Å². The second-order valence-electron chi connectivity index (χ2n) is 4.10. The van der Waals surface area contributed by atoms with Crippen molar-refractivity contribution >= 4 is 17.6 Å². The van der Waals surface area contributed by atoms with Crippen LogP contribution in [-0.2, 0) is 10.2 Å². The zero-order chi connectivity index (χ0) is 11.9. The number of carboxylic acid groups (broad SMARTS) is 1. The molecule has 2 nitrogen and oxygen atoms in total. The first kappa shape index (κ1) is 11.3. The van der Waals surface area contributed by atoms with Crippen molar-refractivity contribution in [2.24, 2.45) is 0 Å². The Morgan fingerprint density at radius 2 is 1.94 bits per heavy atom. The van der Waals surface area contributed by atoms with Crippen molar-refractivity contribution in [1.29, 1.82) is 0 Å². The van der Waals surface area contributed by atoms with Gasteiger partial charge in [-0.25, -0.2) is 8.78 Å². The van der Waals surface area contributed by atoms with E-state index in [-0.39, 0.29) is 11.4 Å². The quantitative estimate of drug-likeness (QED) is 0.832. The fourth-order valence-corrected chi connectivity index (χ4v) is 2.26. The number of halogens is 3. The normalized spacial score (nSPS) is 17.2. The van der Waals surface area contributed by atoms with Gasteiger partial charge in [-0.15, -0.1) is 0 Å². The number of hydrogen-bond acceptors (Lipinski definition) is 1. The summed E-state index contributed by atoms with van der Waals surface area (Å²) in [5, 5.41) is 8.85. The molecule has 0 unspecified atom stereocenters. The molecule has 1 saturated carbocycles. The third-order valence-electron chi connectivity index (χ3n) is 2.92. The molecule has 1 aromatic rings. The fraction of sp³-hybridized carbons (Fsp3) is 0.364. The highest BCUT2D eigenvalue weighted by Gasteiger charge is 2.47. The van der Waals surface area contributed by atoms with Gasteiger partial charge in [0.1, 0.15) is 0 Å². The molecule has 16 heavy (non-hydrogen) atoms. The van der Waals surface area contributed by atoms with Gasteiger partial charge < -0.3 is 5.11 Å². The summed E-state index contributed by atoms with van der Waals surface area (Å²) in [7, 11) is 0. The van der Waals surface area contributed by atoms with Gasteiger partial charge in [0, 0.05) is 10.4 Å². The Bertz CT molecular complexity index is 456. The fourth-order valence-electron chi connectivity index (χ4n) is 1.91. The summed E-state index contributed by atoms with van der Waals surface area (Å²) in [6.07, 6.45) is 1.19. The second kappa shape index (κ2) is 3.70. The summed E-state index contributed by atoms with van der Waals surface area (Å²) in [6, 6.07) is 1.90. The molecule has 86 valence electrons. The summed E-state index contributed by atoms with van der Waals surface area (Å²) in [4.78, 5) is 10.7. The van der Waals surface area contributed by atoms with E-state index in [2.05, 4.69) is 0 Å². The van der Waals surface area contributed by atoms with Gasteiger partial charge in [0.15, 0.2) is 11.6 Å². The molecule has 0 atom stereocenters. The van der Waals surface area contributed by atoms with E-state index in [1.54, 1.807) is 0 Å². The van der Waals surface area contributed by atoms with Crippen LogP contribution in [-0.4, -0.2) is 11.1 Å². The minimum atomic E-state index is -1.01. The van der Waals surface area contributed by atoms with Crippen LogP contribution in [0, 0.1) is 11.6 Å². The van der Waals surface area contributed by atoms with Gasteiger partial charge in [0.25, 0.3) is 0 Å². The Hall–Kier alpha value is -1.16. The molecule has 1 N–H and O–H groups in total. The number of carbonyl (C=O) groups is 1. The number of benzene rings is 1. The molecule has 1 aliphatic rings. The SMILES string of the molecule is O=C(O)CC1(c2cc(F)c(F)cc2Cl)CC1. The Labute approximate surface area is 95.8 Å². The standard InChI is InChI=1S/C11H9ClF2O2/c12-7-4-9(14)8(13)3-6(7)11(1-2-11)5-10(15)16/h3-4H,1-2,5H2,(H,15,16). The van der Waals surface area contributed by atoms with Crippen molar-refractivity contribution in [2.75, 3.05) is 0 Å². The molecular formula is C11H9ClF2O2. The molecule has 1 fully saturated rings. The van der Waals surface area contributed by atoms with Gasteiger partial charge in [-0.2, -0.15) is 0 Å². The van der Waals surface area contributed by atoms with Gasteiger partial charge in [-0.3, -0.25) is 4.79 Å². The van der Waals surface area contributed by atoms with Gasteiger partial charge in [-0.1, -0.05) is 11.6 Å². The molecule has 5 heteroatoms. The van der Waals surface area contributed by atoms with Crippen LogP contribution in [0.2, 0.25) is 5.02 Å². The van der Waals surface area contributed by atoms with E-state index in [4.69, 9.17) is 16.7 Å². The average molecular weight is 247 g/mol. The maximum atomic E-state index is 13.1. The van der Waals surface area contributed by atoms with Crippen molar-refractivity contribution in [3.8, 4) is 0 Å². The smallest absolute Gasteiger partial charge is 0.304 e. The molecule has 0 spiro atoms. The third-order valence-corrected chi connectivity index (χ3v) is 3.24. The molecule has 0 heterocycles. The maximum Gasteiger partial charge on any atom is 0.304 e. The zero-order valence-corrected chi connectivity index (χ0v) is 9.02. The first-order valence-electron chi connectivity index (χ1n) is 4.81. The van der Waals surface area contributed by atoms with Gasteiger partial charge in [0.2, 0.25) is 0 Å². The summed E-state index contributed by atoms with van der Waals surface area (Å²) < 4.78 is 25.9. The summed E-state index contributed by atoms with van der Waals surface area (Å²) in [5.41, 5.74) is -0.201. The number of aliphatic carboxylic acids is 1. The molecule has 0 saturated heterocycles. The number of hydrogen-bond donors (Lipinski definition) is 1. The van der Waals surface area contributed by atoms with Crippen molar-refractivity contribution in [3.05, 3.63) is 34.4 Å². The maximum absolute atomic E-state index is 13.1. The lowest BCUT2D eigenvalue weighted by Gasteiger charge is -2.15. The van der Waals surface area contributed by atoms with Crippen molar-refractivity contribution in [3.63, 3.8) is 0 Å². The van der Waals surface area contributed by atoms with Crippen LogP contribution in [0.15, 0.2) is 12.1 Å². The first-order valence-corrected chi connectivity index (χ1v) is 5.19. The number of rotatable bonds is 3. The van der Waals surface area contributed by atoms with Crippen molar-refractivity contribution in [2.45, 2.75) is 24.7 Å². The van der Waals surface area contributed by atoms with Gasteiger partial charge in [-0.05, 0) is 30.5 Å². The molecule has 0 aliphatic heterocycles. The second-order valence-corrected chi connectivity index (χ2v) is 4.50. The van der Waals surface area contributed by atoms with Crippen LogP contribution in [0.5, 0.6) is 0 Å². The van der Waals surface area contributed by atoms with Crippen LogP contribution in [0.4, 0.5) is 8.78 Å². The molecule has 1 aromatic carbocycles. The van der Waals surface area contributed by atoms with Crippen LogP contribution >= 0.6 is 11.6 Å². The molecule has 0 bridgehead atoms. The Kier molecular flexibility index (Phi) is 2.62. The monoisotopic (exact) mass is 246 g/mol. The molecule has 0 amide bonds. The van der Waals surface area contributed by atoms with Crippen LogP contribution < -0.4 is 0 Å². The average Bonchev–Trinajstić information content (AvgIpc) is 2.91. The molecular weight excluding hydrogens is 238 g/mol. The van der Waals surface area contributed by atoms with E-state index in [0.717, 1.165) is 12.1 Å². The van der Waals surface area contributed by atoms with Gasteiger partial charge in [0.05, 0.1) is 6.42 Å². The van der Waals surface area contributed by atoms with E-state index in [9.17, 15) is 13.6 Å². The minimum Gasteiger partial charge on any atom is -0.481 e. The van der Waals surface area contributed by atoms with Crippen molar-refractivity contribution in [1.82, 2.24) is 0 Å². The zero-order valence-electron chi connectivity index (χ0n) is 8.27. The Morgan fingerprint density at radius 1 is 1.38 bits per heavy atom. The van der Waals surface area contributed by atoms with E-state index in [1.165, 1.54) is 0 Å². The molecule has 0 radical (unpaired) electrons. The predicted molar refractivity (Wildman–Crippen MR) is 54.5 cm³/mol. The topological polar surface area (TPSA) is 37.3 Å². The minimum absolute atomic E-state index is 0.0950. The molecule has 1 aliphatic carbocycles. The third kappa shape index (κ3) is 1.89. The lowest BCUT2D eigenvalue weighted by molar-refractivity contribution is -0.137.